The van der Waals surface area contributed by atoms with E-state index in [9.17, 15) is 4.79 Å². The highest BCUT2D eigenvalue weighted by atomic mass is 35.5. The number of pyridine rings is 2. The smallest absolute Gasteiger partial charge is 0.277 e. The number of nitrogens with one attached hydrogen (secondary N) is 2. The summed E-state index contributed by atoms with van der Waals surface area (Å²) < 4.78 is 6.57. The molecule has 3 rings (SSSR count). The van der Waals surface area contributed by atoms with Gasteiger partial charge in [0.15, 0.2) is 17.2 Å². The van der Waals surface area contributed by atoms with Crippen LogP contribution in [0.25, 0.3) is 11.0 Å². The van der Waals surface area contributed by atoms with Gasteiger partial charge in [-0.15, -0.1) is 0 Å². The van der Waals surface area contributed by atoms with Gasteiger partial charge in [-0.2, -0.15) is 0 Å². The highest BCUT2D eigenvalue weighted by Gasteiger charge is 2.14. The second-order valence-electron chi connectivity index (χ2n) is 4.37. The van der Waals surface area contributed by atoms with Crippen LogP contribution in [0, 0.1) is 0 Å². The molecule has 3 aromatic heterocycles. The lowest BCUT2D eigenvalue weighted by atomic mass is 10.3. The van der Waals surface area contributed by atoms with Gasteiger partial charge < -0.3 is 10.1 Å². The zero-order chi connectivity index (χ0) is 15.0. The zero-order valence-corrected chi connectivity index (χ0v) is 12.1. The van der Waals surface area contributed by atoms with Crippen LogP contribution in [0.15, 0.2) is 29.2 Å². The van der Waals surface area contributed by atoms with Crippen molar-refractivity contribution in [1.82, 2.24) is 19.7 Å². The molecule has 3 aromatic rings. The van der Waals surface area contributed by atoms with Crippen LogP contribution in [-0.4, -0.2) is 26.9 Å². The minimum absolute atomic E-state index is 0.202. The maximum atomic E-state index is 12.2. The number of rotatable bonds is 3. The summed E-state index contributed by atoms with van der Waals surface area (Å²) in [6.07, 6.45) is 1.63. The number of aromatic amines is 1. The number of aryl methyl sites for hydroxylation is 1. The highest BCUT2D eigenvalue weighted by Crippen LogP contribution is 2.28. The van der Waals surface area contributed by atoms with Crippen molar-refractivity contribution in [3.63, 3.8) is 0 Å². The average molecular weight is 306 g/mol. The fourth-order valence-corrected chi connectivity index (χ4v) is 2.26. The number of aromatic nitrogens is 4. The van der Waals surface area contributed by atoms with Crippen molar-refractivity contribution in [1.29, 1.82) is 0 Å². The first-order valence-corrected chi connectivity index (χ1v) is 6.49. The second kappa shape index (κ2) is 5.10. The SMILES string of the molecule is COc1cccnc1Nc1cc(Cl)nc2[nH]n(C)c(=O)c12. The Bertz CT molecular complexity index is 871. The van der Waals surface area contributed by atoms with Gasteiger partial charge in [-0.1, -0.05) is 11.6 Å². The molecule has 7 nitrogen and oxygen atoms in total. The predicted molar refractivity (Wildman–Crippen MR) is 80.4 cm³/mol. The molecular formula is C13H12ClN5O2. The topological polar surface area (TPSA) is 84.8 Å². The fraction of sp³-hybridized carbons (Fsp3) is 0.154. The molecule has 0 aliphatic rings. The molecule has 2 N–H and O–H groups in total. The summed E-state index contributed by atoms with van der Waals surface area (Å²) >= 11 is 5.99. The molecule has 3 heterocycles. The Kier molecular flexibility index (Phi) is 3.26. The minimum atomic E-state index is -0.202. The van der Waals surface area contributed by atoms with E-state index in [1.807, 2.05) is 0 Å². The average Bonchev–Trinajstić information content (AvgIpc) is 2.74. The van der Waals surface area contributed by atoms with Gasteiger partial charge in [-0.05, 0) is 12.1 Å². The van der Waals surface area contributed by atoms with Gasteiger partial charge in [0.25, 0.3) is 5.56 Å². The van der Waals surface area contributed by atoms with E-state index in [-0.39, 0.29) is 10.7 Å². The van der Waals surface area contributed by atoms with Gasteiger partial charge in [0.1, 0.15) is 10.5 Å². The molecule has 0 aliphatic carbocycles. The van der Waals surface area contributed by atoms with Gasteiger partial charge >= 0.3 is 0 Å². The molecule has 0 bridgehead atoms. The number of nitrogens with zero attached hydrogens (tertiary/aromatic N) is 3. The van der Waals surface area contributed by atoms with Crippen molar-refractivity contribution in [3.8, 4) is 5.75 Å². The predicted octanol–water partition coefficient (Wildman–Crippen LogP) is 2.06. The van der Waals surface area contributed by atoms with E-state index < -0.39 is 0 Å². The maximum Gasteiger partial charge on any atom is 0.277 e. The van der Waals surface area contributed by atoms with Crippen LogP contribution < -0.4 is 15.6 Å². The Morgan fingerprint density at radius 3 is 3.05 bits per heavy atom. The molecule has 0 radical (unpaired) electrons. The van der Waals surface area contributed by atoms with Gasteiger partial charge in [0, 0.05) is 19.3 Å². The molecule has 0 saturated carbocycles. The Hall–Kier alpha value is -2.54. The lowest BCUT2D eigenvalue weighted by Gasteiger charge is -2.10. The van der Waals surface area contributed by atoms with Gasteiger partial charge in [-0.25, -0.2) is 9.97 Å². The zero-order valence-electron chi connectivity index (χ0n) is 11.3. The molecule has 0 unspecified atom stereocenters. The summed E-state index contributed by atoms with van der Waals surface area (Å²) in [5, 5.41) is 6.58. The Labute approximate surface area is 124 Å². The van der Waals surface area contributed by atoms with Crippen molar-refractivity contribution in [2.75, 3.05) is 12.4 Å². The highest BCUT2D eigenvalue weighted by molar-refractivity contribution is 6.30. The summed E-state index contributed by atoms with van der Waals surface area (Å²) in [7, 11) is 3.16. The molecule has 8 heteroatoms. The first-order valence-electron chi connectivity index (χ1n) is 6.11. The first-order chi connectivity index (χ1) is 10.1. The van der Waals surface area contributed by atoms with Crippen LogP contribution in [0.1, 0.15) is 0 Å². The largest absolute Gasteiger partial charge is 0.493 e. The van der Waals surface area contributed by atoms with Crippen LogP contribution >= 0.6 is 11.6 Å². The van der Waals surface area contributed by atoms with Crippen molar-refractivity contribution in [3.05, 3.63) is 39.9 Å². The number of H-pyrrole nitrogens is 1. The van der Waals surface area contributed by atoms with E-state index in [1.165, 1.54) is 4.68 Å². The van der Waals surface area contributed by atoms with E-state index >= 15 is 0 Å². The number of ether oxygens (including phenoxy) is 1. The number of halogens is 1. The van der Waals surface area contributed by atoms with E-state index in [4.69, 9.17) is 16.3 Å². The summed E-state index contributed by atoms with van der Waals surface area (Å²) in [6, 6.07) is 5.10. The lowest BCUT2D eigenvalue weighted by Crippen LogP contribution is -2.12. The number of methoxy groups -OCH3 is 1. The summed E-state index contributed by atoms with van der Waals surface area (Å²) in [5.41, 5.74) is 0.725. The maximum absolute atomic E-state index is 12.2. The standard InChI is InChI=1S/C13H12ClN5O2/c1-19-13(20)10-7(6-9(14)17-12(10)18-19)16-11-8(21-2)4-3-5-15-11/h3-6H,1-2H3,(H2,15,16,17,18). The summed E-state index contributed by atoms with van der Waals surface area (Å²) in [4.78, 5) is 20.5. The van der Waals surface area contributed by atoms with Crippen LogP contribution in [0.5, 0.6) is 5.75 Å². The lowest BCUT2D eigenvalue weighted by molar-refractivity contribution is 0.415. The van der Waals surface area contributed by atoms with Gasteiger partial charge in [0.05, 0.1) is 12.8 Å². The van der Waals surface area contributed by atoms with Crippen LogP contribution in [0.4, 0.5) is 11.5 Å². The molecule has 0 aliphatic heterocycles. The third-order valence-electron chi connectivity index (χ3n) is 3.02. The first kappa shape index (κ1) is 13.4. The normalized spacial score (nSPS) is 10.8. The van der Waals surface area contributed by atoms with Crippen LogP contribution in [0.2, 0.25) is 5.15 Å². The Balaban J connectivity index is 2.18. The number of fused-ring (bicyclic) bond motifs is 1. The van der Waals surface area contributed by atoms with Gasteiger partial charge in [-0.3, -0.25) is 14.6 Å². The monoisotopic (exact) mass is 305 g/mol. The summed E-state index contributed by atoms with van der Waals surface area (Å²) in [6.45, 7) is 0. The molecule has 0 aromatic carbocycles. The molecule has 0 fully saturated rings. The van der Waals surface area contributed by atoms with Crippen molar-refractivity contribution in [2.45, 2.75) is 0 Å². The van der Waals surface area contributed by atoms with Crippen LogP contribution in [0.3, 0.4) is 0 Å². The van der Waals surface area contributed by atoms with E-state index in [0.717, 1.165) is 0 Å². The molecule has 21 heavy (non-hydrogen) atoms. The van der Waals surface area contributed by atoms with E-state index in [1.54, 1.807) is 38.6 Å². The minimum Gasteiger partial charge on any atom is -0.493 e. The molecule has 0 atom stereocenters. The summed E-state index contributed by atoms with van der Waals surface area (Å²) in [5.74, 6) is 1.05. The second-order valence-corrected chi connectivity index (χ2v) is 4.76. The van der Waals surface area contributed by atoms with Crippen molar-refractivity contribution in [2.24, 2.45) is 7.05 Å². The van der Waals surface area contributed by atoms with E-state index in [2.05, 4.69) is 20.4 Å². The molecule has 0 amide bonds. The third-order valence-corrected chi connectivity index (χ3v) is 3.22. The third kappa shape index (κ3) is 2.31. The van der Waals surface area contributed by atoms with E-state index in [0.29, 0.717) is 28.3 Å². The molecule has 0 spiro atoms. The molecule has 108 valence electrons. The Morgan fingerprint density at radius 1 is 1.48 bits per heavy atom. The number of hydrogen-bond acceptors (Lipinski definition) is 5. The van der Waals surface area contributed by atoms with Crippen LogP contribution in [-0.2, 0) is 7.05 Å². The van der Waals surface area contributed by atoms with Crippen molar-refractivity contribution < 1.29 is 4.74 Å². The van der Waals surface area contributed by atoms with Crippen molar-refractivity contribution >= 4 is 34.1 Å². The number of hydrogen-bond donors (Lipinski definition) is 2. The fourth-order valence-electron chi connectivity index (χ4n) is 2.06. The Morgan fingerprint density at radius 2 is 2.29 bits per heavy atom. The quantitative estimate of drug-likeness (QED) is 0.724. The molecule has 0 saturated heterocycles. The van der Waals surface area contributed by atoms with Gasteiger partial charge in [0.2, 0.25) is 0 Å². The number of anilines is 2. The molecular weight excluding hydrogens is 294 g/mol.